The zero-order valence-corrected chi connectivity index (χ0v) is 9.66. The summed E-state index contributed by atoms with van der Waals surface area (Å²) in [5, 5.41) is 2.85. The van der Waals surface area contributed by atoms with Gasteiger partial charge in [-0.25, -0.2) is 0 Å². The number of nitrogens with one attached hydrogen (secondary N) is 1. The van der Waals surface area contributed by atoms with Gasteiger partial charge in [-0.05, 0) is 18.8 Å². The fourth-order valence-electron chi connectivity index (χ4n) is 1.65. The van der Waals surface area contributed by atoms with Crippen molar-refractivity contribution in [2.75, 3.05) is 13.2 Å². The minimum atomic E-state index is -0.392. The van der Waals surface area contributed by atoms with E-state index < -0.39 is 6.04 Å². The molecule has 1 saturated heterocycles. The lowest BCUT2D eigenvalue weighted by Crippen LogP contribution is -2.46. The van der Waals surface area contributed by atoms with Crippen molar-refractivity contribution in [1.29, 1.82) is 0 Å². The average molecular weight is 214 g/mol. The lowest BCUT2D eigenvalue weighted by atomic mass is 9.99. The Balaban J connectivity index is 2.22. The lowest BCUT2D eigenvalue weighted by molar-refractivity contribution is -0.123. The van der Waals surface area contributed by atoms with Crippen molar-refractivity contribution in [3.8, 4) is 0 Å². The first-order valence-corrected chi connectivity index (χ1v) is 5.80. The first kappa shape index (κ1) is 12.5. The summed E-state index contributed by atoms with van der Waals surface area (Å²) in [6.45, 7) is 5.45. The first-order valence-electron chi connectivity index (χ1n) is 5.80. The molecule has 0 aromatic carbocycles. The van der Waals surface area contributed by atoms with Gasteiger partial charge in [-0.1, -0.05) is 20.3 Å². The highest BCUT2D eigenvalue weighted by atomic mass is 16.5. The van der Waals surface area contributed by atoms with Gasteiger partial charge in [0.25, 0.3) is 0 Å². The number of nitrogens with two attached hydrogens (primary N) is 1. The van der Waals surface area contributed by atoms with Crippen LogP contribution in [0.4, 0.5) is 0 Å². The standard InChI is InChI=1S/C11H22N2O2/c1-3-8(2)10(12)11(14)13-7-9-5-4-6-15-9/h8-10H,3-7,12H2,1-2H3,(H,13,14)/t8-,9+,10-/m1/s1. The quantitative estimate of drug-likeness (QED) is 0.706. The molecule has 3 atom stereocenters. The molecule has 1 aliphatic heterocycles. The van der Waals surface area contributed by atoms with Crippen LogP contribution in [0.15, 0.2) is 0 Å². The fourth-order valence-corrected chi connectivity index (χ4v) is 1.65. The van der Waals surface area contributed by atoms with Crippen LogP contribution in [0.2, 0.25) is 0 Å². The molecule has 88 valence electrons. The van der Waals surface area contributed by atoms with E-state index in [0.717, 1.165) is 25.9 Å². The molecular weight excluding hydrogens is 192 g/mol. The van der Waals surface area contributed by atoms with Gasteiger partial charge in [-0.15, -0.1) is 0 Å². The van der Waals surface area contributed by atoms with Crippen LogP contribution in [-0.4, -0.2) is 31.2 Å². The maximum atomic E-state index is 11.6. The first-order chi connectivity index (χ1) is 7.15. The molecule has 1 rings (SSSR count). The van der Waals surface area contributed by atoms with Gasteiger partial charge < -0.3 is 15.8 Å². The van der Waals surface area contributed by atoms with Crippen molar-refractivity contribution in [3.63, 3.8) is 0 Å². The number of carbonyl (C=O) groups excluding carboxylic acids is 1. The largest absolute Gasteiger partial charge is 0.376 e. The van der Waals surface area contributed by atoms with Crippen LogP contribution in [-0.2, 0) is 9.53 Å². The SMILES string of the molecule is CC[C@@H](C)[C@@H](N)C(=O)NC[C@@H]1CCCO1. The van der Waals surface area contributed by atoms with E-state index in [2.05, 4.69) is 5.32 Å². The van der Waals surface area contributed by atoms with Gasteiger partial charge in [0, 0.05) is 13.2 Å². The molecule has 1 amide bonds. The monoisotopic (exact) mass is 214 g/mol. The molecule has 0 bridgehead atoms. The topological polar surface area (TPSA) is 64.4 Å². The summed E-state index contributed by atoms with van der Waals surface area (Å²) in [6, 6.07) is -0.392. The van der Waals surface area contributed by atoms with E-state index in [1.54, 1.807) is 0 Å². The van der Waals surface area contributed by atoms with Crippen molar-refractivity contribution < 1.29 is 9.53 Å². The van der Waals surface area contributed by atoms with E-state index in [4.69, 9.17) is 10.5 Å². The number of amides is 1. The second kappa shape index (κ2) is 6.08. The van der Waals surface area contributed by atoms with Gasteiger partial charge in [-0.2, -0.15) is 0 Å². The number of hydrogen-bond acceptors (Lipinski definition) is 3. The van der Waals surface area contributed by atoms with Gasteiger partial charge in [0.1, 0.15) is 0 Å². The van der Waals surface area contributed by atoms with Crippen molar-refractivity contribution in [1.82, 2.24) is 5.32 Å². The van der Waals surface area contributed by atoms with Crippen LogP contribution >= 0.6 is 0 Å². The molecule has 0 aliphatic carbocycles. The van der Waals surface area contributed by atoms with E-state index in [1.807, 2.05) is 13.8 Å². The summed E-state index contributed by atoms with van der Waals surface area (Å²) >= 11 is 0. The average Bonchev–Trinajstić information content (AvgIpc) is 2.76. The maximum Gasteiger partial charge on any atom is 0.237 e. The summed E-state index contributed by atoms with van der Waals surface area (Å²) in [6.07, 6.45) is 3.25. The Kier molecular flexibility index (Phi) is 5.05. The molecule has 15 heavy (non-hydrogen) atoms. The molecule has 1 fully saturated rings. The van der Waals surface area contributed by atoms with Gasteiger partial charge in [0.05, 0.1) is 12.1 Å². The predicted octanol–water partition coefficient (Wildman–Crippen LogP) is 0.655. The Morgan fingerprint density at radius 3 is 2.93 bits per heavy atom. The van der Waals surface area contributed by atoms with Crippen LogP contribution in [0, 0.1) is 5.92 Å². The summed E-state index contributed by atoms with van der Waals surface area (Å²) in [7, 11) is 0. The Morgan fingerprint density at radius 2 is 2.40 bits per heavy atom. The Morgan fingerprint density at radius 1 is 1.67 bits per heavy atom. The van der Waals surface area contributed by atoms with E-state index >= 15 is 0 Å². The normalized spacial score (nSPS) is 24.9. The number of carbonyl (C=O) groups is 1. The molecule has 0 spiro atoms. The highest BCUT2D eigenvalue weighted by Crippen LogP contribution is 2.11. The minimum absolute atomic E-state index is 0.0557. The zero-order valence-electron chi connectivity index (χ0n) is 9.66. The summed E-state index contributed by atoms with van der Waals surface area (Å²) in [5.41, 5.74) is 5.80. The van der Waals surface area contributed by atoms with Gasteiger partial charge in [-0.3, -0.25) is 4.79 Å². The Labute approximate surface area is 91.5 Å². The molecule has 0 saturated carbocycles. The molecule has 1 aliphatic rings. The molecule has 0 radical (unpaired) electrons. The van der Waals surface area contributed by atoms with E-state index in [1.165, 1.54) is 0 Å². The molecule has 4 nitrogen and oxygen atoms in total. The number of rotatable bonds is 5. The third-order valence-electron chi connectivity index (χ3n) is 3.09. The van der Waals surface area contributed by atoms with E-state index in [9.17, 15) is 4.79 Å². The number of ether oxygens (including phenoxy) is 1. The van der Waals surface area contributed by atoms with E-state index in [0.29, 0.717) is 6.54 Å². The predicted molar refractivity (Wildman–Crippen MR) is 59.4 cm³/mol. The Bertz CT molecular complexity index is 203. The van der Waals surface area contributed by atoms with Crippen molar-refractivity contribution in [2.24, 2.45) is 11.7 Å². The summed E-state index contributed by atoms with van der Waals surface area (Å²) in [4.78, 5) is 11.6. The fraction of sp³-hybridized carbons (Fsp3) is 0.909. The maximum absolute atomic E-state index is 11.6. The number of hydrogen-bond donors (Lipinski definition) is 2. The van der Waals surface area contributed by atoms with Gasteiger partial charge >= 0.3 is 0 Å². The van der Waals surface area contributed by atoms with Crippen LogP contribution in [0.5, 0.6) is 0 Å². The van der Waals surface area contributed by atoms with Crippen LogP contribution < -0.4 is 11.1 Å². The molecule has 4 heteroatoms. The minimum Gasteiger partial charge on any atom is -0.376 e. The van der Waals surface area contributed by atoms with Crippen LogP contribution in [0.25, 0.3) is 0 Å². The highest BCUT2D eigenvalue weighted by molar-refractivity contribution is 5.81. The third-order valence-corrected chi connectivity index (χ3v) is 3.09. The van der Waals surface area contributed by atoms with Crippen molar-refractivity contribution in [3.05, 3.63) is 0 Å². The molecule has 0 aromatic heterocycles. The molecule has 3 N–H and O–H groups in total. The van der Waals surface area contributed by atoms with Crippen molar-refractivity contribution >= 4 is 5.91 Å². The highest BCUT2D eigenvalue weighted by Gasteiger charge is 2.21. The van der Waals surface area contributed by atoms with E-state index in [-0.39, 0.29) is 17.9 Å². The molecule has 0 unspecified atom stereocenters. The second-order valence-corrected chi connectivity index (χ2v) is 4.29. The molecule has 1 heterocycles. The molecule has 0 aromatic rings. The van der Waals surface area contributed by atoms with Gasteiger partial charge in [0.2, 0.25) is 5.91 Å². The smallest absolute Gasteiger partial charge is 0.237 e. The lowest BCUT2D eigenvalue weighted by Gasteiger charge is -2.19. The summed E-state index contributed by atoms with van der Waals surface area (Å²) < 4.78 is 5.41. The van der Waals surface area contributed by atoms with Crippen molar-refractivity contribution in [2.45, 2.75) is 45.3 Å². The van der Waals surface area contributed by atoms with Crippen LogP contribution in [0.1, 0.15) is 33.1 Å². The van der Waals surface area contributed by atoms with Gasteiger partial charge in [0.15, 0.2) is 0 Å². The molecular formula is C11H22N2O2. The summed E-state index contributed by atoms with van der Waals surface area (Å²) in [5.74, 6) is 0.175. The zero-order chi connectivity index (χ0) is 11.3. The Hall–Kier alpha value is -0.610. The third kappa shape index (κ3) is 3.80. The second-order valence-electron chi connectivity index (χ2n) is 4.29. The van der Waals surface area contributed by atoms with Crippen LogP contribution in [0.3, 0.4) is 0 Å².